The van der Waals surface area contributed by atoms with E-state index in [-0.39, 0.29) is 27.9 Å². The van der Waals surface area contributed by atoms with Crippen LogP contribution in [-0.4, -0.2) is 32.2 Å². The van der Waals surface area contributed by atoms with E-state index in [2.05, 4.69) is 15.1 Å². The molecule has 2 aliphatic rings. The SMILES string of the molecule is NNc1ncc(S(=O)(=O)NC2CCOC2C2CC2)cc1Cl. The van der Waals surface area contributed by atoms with Gasteiger partial charge in [-0.25, -0.2) is 24.0 Å². The third-order valence-electron chi connectivity index (χ3n) is 3.79. The summed E-state index contributed by atoms with van der Waals surface area (Å²) in [5.74, 6) is 5.93. The predicted molar refractivity (Wildman–Crippen MR) is 78.2 cm³/mol. The molecule has 1 aliphatic carbocycles. The second-order valence-corrected chi connectivity index (χ2v) is 7.46. The first-order chi connectivity index (χ1) is 10.0. The molecule has 1 saturated heterocycles. The highest BCUT2D eigenvalue weighted by Gasteiger charge is 2.42. The lowest BCUT2D eigenvalue weighted by Gasteiger charge is -2.19. The first-order valence-corrected chi connectivity index (χ1v) is 8.63. The van der Waals surface area contributed by atoms with Crippen LogP contribution >= 0.6 is 11.6 Å². The fourth-order valence-electron chi connectivity index (χ4n) is 2.57. The fourth-order valence-corrected chi connectivity index (χ4v) is 4.10. The molecule has 2 unspecified atom stereocenters. The quantitative estimate of drug-likeness (QED) is 0.545. The molecular weight excluding hydrogens is 316 g/mol. The van der Waals surface area contributed by atoms with E-state index < -0.39 is 10.0 Å². The van der Waals surface area contributed by atoms with Gasteiger partial charge in [0.1, 0.15) is 4.90 Å². The van der Waals surface area contributed by atoms with E-state index in [1.165, 1.54) is 12.3 Å². The molecule has 1 aromatic rings. The number of halogens is 1. The van der Waals surface area contributed by atoms with E-state index in [9.17, 15) is 8.42 Å². The summed E-state index contributed by atoms with van der Waals surface area (Å²) in [4.78, 5) is 3.91. The largest absolute Gasteiger partial charge is 0.376 e. The topological polar surface area (TPSA) is 106 Å². The number of anilines is 1. The average Bonchev–Trinajstić information content (AvgIpc) is 3.19. The van der Waals surface area contributed by atoms with Crippen LogP contribution in [0.3, 0.4) is 0 Å². The summed E-state index contributed by atoms with van der Waals surface area (Å²) in [6, 6.07) is 1.14. The van der Waals surface area contributed by atoms with Crippen molar-refractivity contribution in [3.63, 3.8) is 0 Å². The van der Waals surface area contributed by atoms with E-state index in [4.69, 9.17) is 22.2 Å². The summed E-state index contributed by atoms with van der Waals surface area (Å²) < 4.78 is 33.2. The lowest BCUT2D eigenvalue weighted by atomic mass is 10.1. The summed E-state index contributed by atoms with van der Waals surface area (Å²) in [7, 11) is -3.68. The van der Waals surface area contributed by atoms with Crippen molar-refractivity contribution >= 4 is 27.4 Å². The Balaban J connectivity index is 1.78. The van der Waals surface area contributed by atoms with Gasteiger partial charge < -0.3 is 10.2 Å². The maximum atomic E-state index is 12.4. The third-order valence-corrected chi connectivity index (χ3v) is 5.54. The zero-order valence-corrected chi connectivity index (χ0v) is 12.8. The molecule has 2 heterocycles. The summed E-state index contributed by atoms with van der Waals surface area (Å²) in [5, 5.41) is 0.154. The van der Waals surface area contributed by atoms with Gasteiger partial charge in [-0.3, -0.25) is 0 Å². The van der Waals surface area contributed by atoms with Gasteiger partial charge in [-0.05, 0) is 31.2 Å². The van der Waals surface area contributed by atoms with Gasteiger partial charge in [-0.15, -0.1) is 0 Å². The average molecular weight is 333 g/mol. The molecule has 1 aliphatic heterocycles. The molecular formula is C12H17ClN4O3S. The molecule has 0 spiro atoms. The van der Waals surface area contributed by atoms with E-state index in [1.54, 1.807) is 0 Å². The van der Waals surface area contributed by atoms with Gasteiger partial charge in [-0.2, -0.15) is 0 Å². The number of hydrazine groups is 1. The highest BCUT2D eigenvalue weighted by molar-refractivity contribution is 7.89. The molecule has 0 amide bonds. The van der Waals surface area contributed by atoms with Gasteiger partial charge in [0.15, 0.2) is 5.82 Å². The molecule has 116 valence electrons. The Morgan fingerprint density at radius 3 is 2.76 bits per heavy atom. The molecule has 1 aromatic heterocycles. The second-order valence-electron chi connectivity index (χ2n) is 5.34. The molecule has 7 nitrogen and oxygen atoms in total. The number of rotatable bonds is 5. The van der Waals surface area contributed by atoms with Crippen molar-refractivity contribution < 1.29 is 13.2 Å². The Labute approximate surface area is 128 Å². The van der Waals surface area contributed by atoms with Crippen molar-refractivity contribution in [2.75, 3.05) is 12.0 Å². The second kappa shape index (κ2) is 5.69. The van der Waals surface area contributed by atoms with Gasteiger partial charge in [-0.1, -0.05) is 11.6 Å². The molecule has 3 rings (SSSR count). The Morgan fingerprint density at radius 2 is 2.14 bits per heavy atom. The summed E-state index contributed by atoms with van der Waals surface area (Å²) in [6.45, 7) is 0.587. The molecule has 0 bridgehead atoms. The number of hydrogen-bond donors (Lipinski definition) is 3. The van der Waals surface area contributed by atoms with Crippen LogP contribution in [0.15, 0.2) is 17.2 Å². The van der Waals surface area contributed by atoms with Crippen molar-refractivity contribution in [3.05, 3.63) is 17.3 Å². The Bertz CT molecular complexity index is 635. The monoisotopic (exact) mass is 332 g/mol. The van der Waals surface area contributed by atoms with Gasteiger partial charge >= 0.3 is 0 Å². The fraction of sp³-hybridized carbons (Fsp3) is 0.583. The number of ether oxygens (including phenoxy) is 1. The summed E-state index contributed by atoms with van der Waals surface area (Å²) in [5.41, 5.74) is 2.30. The van der Waals surface area contributed by atoms with Gasteiger partial charge in [0, 0.05) is 12.8 Å². The van der Waals surface area contributed by atoms with Gasteiger partial charge in [0.25, 0.3) is 0 Å². The smallest absolute Gasteiger partial charge is 0.242 e. The maximum absolute atomic E-state index is 12.4. The van der Waals surface area contributed by atoms with E-state index in [1.807, 2.05) is 0 Å². The van der Waals surface area contributed by atoms with Crippen molar-refractivity contribution in [3.8, 4) is 0 Å². The van der Waals surface area contributed by atoms with Gasteiger partial charge in [0.2, 0.25) is 10.0 Å². The van der Waals surface area contributed by atoms with Crippen LogP contribution in [0.5, 0.6) is 0 Å². The third kappa shape index (κ3) is 3.14. The van der Waals surface area contributed by atoms with Crippen LogP contribution in [0.2, 0.25) is 5.02 Å². The minimum atomic E-state index is -3.68. The number of aromatic nitrogens is 1. The molecule has 21 heavy (non-hydrogen) atoms. The van der Waals surface area contributed by atoms with Crippen LogP contribution in [0.25, 0.3) is 0 Å². The number of nitrogens with one attached hydrogen (secondary N) is 2. The Hall–Kier alpha value is -0.930. The molecule has 1 saturated carbocycles. The number of nitrogen functional groups attached to an aromatic ring is 1. The summed E-state index contributed by atoms with van der Waals surface area (Å²) >= 11 is 5.92. The van der Waals surface area contributed by atoms with E-state index >= 15 is 0 Å². The zero-order valence-electron chi connectivity index (χ0n) is 11.3. The Kier molecular flexibility index (Phi) is 4.06. The molecule has 2 fully saturated rings. The van der Waals surface area contributed by atoms with Crippen molar-refractivity contribution in [1.29, 1.82) is 0 Å². The molecule has 0 aromatic carbocycles. The van der Waals surface area contributed by atoms with Crippen molar-refractivity contribution in [2.24, 2.45) is 11.8 Å². The summed E-state index contributed by atoms with van der Waals surface area (Å²) in [6.07, 6.45) is 4.10. The van der Waals surface area contributed by atoms with Crippen LogP contribution in [-0.2, 0) is 14.8 Å². The first-order valence-electron chi connectivity index (χ1n) is 6.77. The number of nitrogens with zero attached hydrogens (tertiary/aromatic N) is 1. The minimum absolute atomic E-state index is 0.0202. The highest BCUT2D eigenvalue weighted by atomic mass is 35.5. The van der Waals surface area contributed by atoms with Crippen molar-refractivity contribution in [1.82, 2.24) is 9.71 Å². The highest BCUT2D eigenvalue weighted by Crippen LogP contribution is 2.39. The van der Waals surface area contributed by atoms with Crippen LogP contribution in [0.4, 0.5) is 5.82 Å². The van der Waals surface area contributed by atoms with Crippen LogP contribution < -0.4 is 16.0 Å². The van der Waals surface area contributed by atoms with Crippen molar-refractivity contribution in [2.45, 2.75) is 36.3 Å². The number of nitrogens with two attached hydrogens (primary N) is 1. The van der Waals surface area contributed by atoms with Gasteiger partial charge in [0.05, 0.1) is 17.2 Å². The number of sulfonamides is 1. The first kappa shape index (κ1) is 15.0. The zero-order chi connectivity index (χ0) is 15.0. The standard InChI is InChI=1S/C12H17ClN4O3S/c13-9-5-8(6-15-12(9)16-14)21(18,19)17-10-3-4-20-11(10)7-1-2-7/h5-7,10-11,17H,1-4,14H2,(H,15,16). The van der Waals surface area contributed by atoms with Crippen LogP contribution in [0, 0.1) is 5.92 Å². The maximum Gasteiger partial charge on any atom is 0.242 e. The predicted octanol–water partition coefficient (Wildman–Crippen LogP) is 0.866. The molecule has 9 heteroatoms. The Morgan fingerprint density at radius 1 is 1.38 bits per heavy atom. The van der Waals surface area contributed by atoms with E-state index in [0.29, 0.717) is 18.9 Å². The number of hydrogen-bond acceptors (Lipinski definition) is 6. The molecule has 2 atom stereocenters. The van der Waals surface area contributed by atoms with E-state index in [0.717, 1.165) is 12.8 Å². The lowest BCUT2D eigenvalue weighted by molar-refractivity contribution is 0.0848. The number of pyridine rings is 1. The minimum Gasteiger partial charge on any atom is -0.376 e. The molecule has 0 radical (unpaired) electrons. The van der Waals surface area contributed by atoms with Crippen LogP contribution in [0.1, 0.15) is 19.3 Å². The molecule has 4 N–H and O–H groups in total. The normalized spacial score (nSPS) is 26.0. The lowest BCUT2D eigenvalue weighted by Crippen LogP contribution is -2.41.